The summed E-state index contributed by atoms with van der Waals surface area (Å²) >= 11 is 0. The summed E-state index contributed by atoms with van der Waals surface area (Å²) in [4.78, 5) is 54.7. The Morgan fingerprint density at radius 1 is 1.02 bits per heavy atom. The number of nitrogens with one attached hydrogen (secondary N) is 1. The van der Waals surface area contributed by atoms with Crippen LogP contribution in [0, 0.1) is 23.7 Å². The molecule has 3 aliphatic rings. The lowest BCUT2D eigenvalue weighted by molar-refractivity contribution is -0.148. The van der Waals surface area contributed by atoms with Crippen molar-refractivity contribution in [1.29, 1.82) is 0 Å². The van der Waals surface area contributed by atoms with E-state index < -0.39 is 58.0 Å². The van der Waals surface area contributed by atoms with Gasteiger partial charge in [-0.1, -0.05) is 11.8 Å². The number of nitrogens with two attached hydrogens (primary N) is 1. The topological polar surface area (TPSA) is 194 Å². The number of phenols is 1. The van der Waals surface area contributed by atoms with E-state index in [2.05, 4.69) is 17.2 Å². The molecule has 12 heteroatoms. The van der Waals surface area contributed by atoms with Crippen molar-refractivity contribution in [3.05, 3.63) is 81.3 Å². The number of aliphatic hydroxyl groups excluding tert-OH is 2. The van der Waals surface area contributed by atoms with Crippen LogP contribution in [0.3, 0.4) is 0 Å². The number of carbonyl (C=O) groups is 4. The third-order valence-electron chi connectivity index (χ3n) is 8.58. The minimum absolute atomic E-state index is 0.0186. The van der Waals surface area contributed by atoms with E-state index in [1.807, 2.05) is 0 Å². The highest BCUT2D eigenvalue weighted by Gasteiger charge is 2.63. The molecule has 234 valence electrons. The number of nitrogens with zero attached hydrogens (tertiary/aromatic N) is 2. The third-order valence-corrected chi connectivity index (χ3v) is 8.58. The van der Waals surface area contributed by atoms with Crippen molar-refractivity contribution in [3.8, 4) is 17.6 Å². The number of hydrogen-bond donors (Lipinski definition) is 6. The van der Waals surface area contributed by atoms with Gasteiger partial charge in [0.2, 0.25) is 11.7 Å². The summed E-state index contributed by atoms with van der Waals surface area (Å²) in [5.41, 5.74) is 3.61. The van der Waals surface area contributed by atoms with E-state index in [1.54, 1.807) is 63.4 Å². The van der Waals surface area contributed by atoms with Crippen LogP contribution < -0.4 is 11.1 Å². The molecule has 7 N–H and O–H groups in total. The lowest BCUT2D eigenvalue weighted by Gasteiger charge is -2.50. The van der Waals surface area contributed by atoms with Crippen molar-refractivity contribution < 1.29 is 39.6 Å². The van der Waals surface area contributed by atoms with Gasteiger partial charge < -0.3 is 36.4 Å². The predicted molar refractivity (Wildman–Crippen MR) is 163 cm³/mol. The van der Waals surface area contributed by atoms with Crippen LogP contribution >= 0.6 is 0 Å². The zero-order valence-corrected chi connectivity index (χ0v) is 25.2. The minimum atomic E-state index is -2.70. The summed E-state index contributed by atoms with van der Waals surface area (Å²) in [6, 6.07) is 8.72. The van der Waals surface area contributed by atoms with E-state index in [1.165, 1.54) is 11.0 Å². The summed E-state index contributed by atoms with van der Waals surface area (Å²) in [5, 5.41) is 47.6. The first-order chi connectivity index (χ1) is 21.2. The maximum Gasteiger partial charge on any atom is 0.255 e. The first-order valence-electron chi connectivity index (χ1n) is 14.2. The van der Waals surface area contributed by atoms with Gasteiger partial charge in [-0.25, -0.2) is 0 Å². The number of ketones is 2. The SMILES string of the molecule is CN(C)CC(=O)Nc1ccc(C#Cc2ccc(O)c3c2C[C@@H]2C[C@@H]4[C@@H](N(C)C)C(O)=C(C(N)=O)C(=O)[C@]4(O)C(O)=C2C3=O)cc1. The smallest absolute Gasteiger partial charge is 0.255 e. The number of benzene rings is 2. The van der Waals surface area contributed by atoms with Gasteiger partial charge in [0.05, 0.1) is 18.2 Å². The molecule has 4 atom stereocenters. The average Bonchev–Trinajstić information content (AvgIpc) is 2.94. The average molecular weight is 615 g/mol. The van der Waals surface area contributed by atoms with Crippen LogP contribution in [0.1, 0.15) is 33.5 Å². The van der Waals surface area contributed by atoms with Crippen molar-refractivity contribution in [2.24, 2.45) is 17.6 Å². The number of aliphatic hydroxyl groups is 3. The van der Waals surface area contributed by atoms with Crippen LogP contribution in [0.4, 0.5) is 5.69 Å². The number of rotatable bonds is 5. The highest BCUT2D eigenvalue weighted by Crippen LogP contribution is 2.52. The number of carbonyl (C=O) groups excluding carboxylic acids is 4. The quantitative estimate of drug-likeness (QED) is 0.209. The number of likely N-dealkylation sites (N-methyl/N-ethyl adjacent to an activating group) is 2. The fourth-order valence-electron chi connectivity index (χ4n) is 6.63. The Morgan fingerprint density at radius 2 is 1.69 bits per heavy atom. The fraction of sp³-hybridized carbons (Fsp3) is 0.333. The fourth-order valence-corrected chi connectivity index (χ4v) is 6.63. The second kappa shape index (κ2) is 11.5. The molecule has 0 saturated heterocycles. The van der Waals surface area contributed by atoms with Gasteiger partial charge in [-0.2, -0.15) is 0 Å². The number of primary amides is 1. The Hall–Kier alpha value is -4.96. The van der Waals surface area contributed by atoms with Gasteiger partial charge in [-0.3, -0.25) is 24.1 Å². The van der Waals surface area contributed by atoms with Crippen LogP contribution in [0.25, 0.3) is 0 Å². The van der Waals surface area contributed by atoms with Gasteiger partial charge in [0.1, 0.15) is 22.8 Å². The Bertz CT molecular complexity index is 1760. The molecule has 0 aliphatic heterocycles. The lowest BCUT2D eigenvalue weighted by atomic mass is 9.58. The highest BCUT2D eigenvalue weighted by molar-refractivity contribution is 6.24. The summed E-state index contributed by atoms with van der Waals surface area (Å²) < 4.78 is 0. The molecule has 2 amide bonds. The number of phenolic OH excluding ortho intramolecular Hbond substituents is 1. The zero-order valence-electron chi connectivity index (χ0n) is 25.2. The molecule has 2 aromatic carbocycles. The maximum atomic E-state index is 13.9. The Morgan fingerprint density at radius 3 is 2.29 bits per heavy atom. The largest absolute Gasteiger partial charge is 0.510 e. The van der Waals surface area contributed by atoms with E-state index in [-0.39, 0.29) is 42.2 Å². The number of aromatic hydroxyl groups is 1. The lowest BCUT2D eigenvalue weighted by Crippen LogP contribution is -2.63. The van der Waals surface area contributed by atoms with Crippen molar-refractivity contribution in [1.82, 2.24) is 9.80 Å². The monoisotopic (exact) mass is 614 g/mol. The van der Waals surface area contributed by atoms with Crippen molar-refractivity contribution in [2.75, 3.05) is 40.1 Å². The molecule has 0 bridgehead atoms. The number of amides is 2. The van der Waals surface area contributed by atoms with Crippen molar-refractivity contribution in [2.45, 2.75) is 24.5 Å². The predicted octanol–water partition coefficient (Wildman–Crippen LogP) is 1.02. The van der Waals surface area contributed by atoms with Crippen LogP contribution in [0.15, 0.2) is 59.1 Å². The van der Waals surface area contributed by atoms with Gasteiger partial charge in [0.25, 0.3) is 5.91 Å². The van der Waals surface area contributed by atoms with Crippen molar-refractivity contribution >= 4 is 29.1 Å². The zero-order chi connectivity index (χ0) is 33.0. The summed E-state index contributed by atoms with van der Waals surface area (Å²) in [6.45, 7) is 0.236. The van der Waals surface area contributed by atoms with Crippen LogP contribution in [-0.4, -0.2) is 100.0 Å². The normalized spacial score (nSPS) is 24.1. The maximum absolute atomic E-state index is 13.9. The Labute approximate surface area is 259 Å². The summed E-state index contributed by atoms with van der Waals surface area (Å²) in [5.74, 6) is -1.13. The molecule has 45 heavy (non-hydrogen) atoms. The highest BCUT2D eigenvalue weighted by atomic mass is 16.3. The van der Waals surface area contributed by atoms with Gasteiger partial charge in [0, 0.05) is 28.3 Å². The van der Waals surface area contributed by atoms with Crippen LogP contribution in [0.2, 0.25) is 0 Å². The molecule has 12 nitrogen and oxygen atoms in total. The van der Waals surface area contributed by atoms with E-state index in [0.29, 0.717) is 22.4 Å². The molecule has 0 radical (unpaired) electrons. The van der Waals surface area contributed by atoms with Crippen LogP contribution in [0.5, 0.6) is 5.75 Å². The van der Waals surface area contributed by atoms with Gasteiger partial charge in [0.15, 0.2) is 11.4 Å². The van der Waals surface area contributed by atoms with Crippen LogP contribution in [-0.2, 0) is 20.8 Å². The van der Waals surface area contributed by atoms with E-state index in [9.17, 15) is 39.6 Å². The van der Waals surface area contributed by atoms with E-state index in [4.69, 9.17) is 5.73 Å². The molecule has 5 rings (SSSR count). The number of fused-ring (bicyclic) bond motifs is 3. The van der Waals surface area contributed by atoms with E-state index in [0.717, 1.165) is 0 Å². The number of anilines is 1. The molecule has 0 fully saturated rings. The summed E-state index contributed by atoms with van der Waals surface area (Å²) in [6.07, 6.45) is 0.110. The number of hydrogen-bond acceptors (Lipinski definition) is 10. The molecule has 0 heterocycles. The number of Topliss-reactive ketones (excluding diaryl/α,β-unsaturated/α-hetero) is 2. The molecule has 3 aliphatic carbocycles. The van der Waals surface area contributed by atoms with Gasteiger partial charge in [-0.15, -0.1) is 0 Å². The number of allylic oxidation sites excluding steroid dienone is 1. The molecular formula is C33H34N4O8. The minimum Gasteiger partial charge on any atom is -0.510 e. The molecular weight excluding hydrogens is 580 g/mol. The van der Waals surface area contributed by atoms with E-state index >= 15 is 0 Å². The van der Waals surface area contributed by atoms with Crippen molar-refractivity contribution in [3.63, 3.8) is 0 Å². The molecule has 0 unspecified atom stereocenters. The Kier molecular flexibility index (Phi) is 8.05. The second-order valence-electron chi connectivity index (χ2n) is 12.1. The van der Waals surface area contributed by atoms with Gasteiger partial charge in [-0.05, 0) is 88.9 Å². The second-order valence-corrected chi connectivity index (χ2v) is 12.1. The standard InChI is InChI=1S/C33H34N4O8/c1-36(2)15-23(39)35-19-10-6-16(7-11-19)5-8-17-9-12-22(38)25-20(17)13-18-14-21-27(37(3)4)29(41)26(32(34)44)31(43)33(21,45)30(42)24(18)28(25)40/h6-7,9-12,18,21,27,38,41-42,45H,13-15H2,1-4H3,(H2,34,44)(H,35,39)/t18-,21-,27-,33-/m1/s1. The molecule has 0 saturated carbocycles. The molecule has 0 spiro atoms. The Balaban J connectivity index is 1.53. The van der Waals surface area contributed by atoms with Gasteiger partial charge >= 0.3 is 0 Å². The first kappa shape index (κ1) is 31.5. The first-order valence-corrected chi connectivity index (χ1v) is 14.2. The molecule has 2 aromatic rings. The third kappa shape index (κ3) is 5.25. The summed E-state index contributed by atoms with van der Waals surface area (Å²) in [7, 11) is 6.73. The molecule has 0 aromatic heterocycles.